The third kappa shape index (κ3) is 3.02. The van der Waals surface area contributed by atoms with Crippen molar-refractivity contribution in [2.45, 2.75) is 11.8 Å². The van der Waals surface area contributed by atoms with Crippen molar-refractivity contribution in [3.05, 3.63) is 41.5 Å². The van der Waals surface area contributed by atoms with E-state index in [0.717, 1.165) is 18.3 Å². The Balaban J connectivity index is 2.51. The highest BCUT2D eigenvalue weighted by molar-refractivity contribution is 7.92. The van der Waals surface area contributed by atoms with Crippen LogP contribution < -0.4 is 4.72 Å². The summed E-state index contributed by atoms with van der Waals surface area (Å²) in [7, 11) is -2.46. The van der Waals surface area contributed by atoms with Gasteiger partial charge in [-0.1, -0.05) is 0 Å². The highest BCUT2D eigenvalue weighted by atomic mass is 32.2. The summed E-state index contributed by atoms with van der Waals surface area (Å²) < 4.78 is 41.1. The van der Waals surface area contributed by atoms with Crippen LogP contribution in [0.3, 0.4) is 0 Å². The number of rotatable bonds is 4. The number of sulfonamides is 1. The summed E-state index contributed by atoms with van der Waals surface area (Å²) in [6, 6.07) is 1.81. The predicted octanol–water partition coefficient (Wildman–Crippen LogP) is 1.37. The minimum atomic E-state index is -4.00. The SMILES string of the molecule is Cc1cc(F)cc(C(=O)O)c1NS(=O)(=O)c1cnn(C)c1. The number of carbonyl (C=O) groups is 1. The molecule has 21 heavy (non-hydrogen) atoms. The molecule has 0 atom stereocenters. The van der Waals surface area contributed by atoms with E-state index in [2.05, 4.69) is 9.82 Å². The van der Waals surface area contributed by atoms with Gasteiger partial charge in [-0.25, -0.2) is 17.6 Å². The fourth-order valence-corrected chi connectivity index (χ4v) is 2.91. The zero-order chi connectivity index (χ0) is 15.8. The average Bonchev–Trinajstić information content (AvgIpc) is 2.79. The van der Waals surface area contributed by atoms with Crippen LogP contribution in [0.4, 0.5) is 10.1 Å². The molecule has 0 spiro atoms. The Morgan fingerprint density at radius 2 is 2.10 bits per heavy atom. The van der Waals surface area contributed by atoms with Gasteiger partial charge in [-0.05, 0) is 24.6 Å². The van der Waals surface area contributed by atoms with Crippen LogP contribution in [0, 0.1) is 12.7 Å². The molecular weight excluding hydrogens is 301 g/mol. The van der Waals surface area contributed by atoms with E-state index >= 15 is 0 Å². The van der Waals surface area contributed by atoms with Crippen molar-refractivity contribution in [2.75, 3.05) is 4.72 Å². The second kappa shape index (κ2) is 5.17. The molecular formula is C12H12FN3O4S. The molecule has 2 rings (SSSR count). The molecule has 1 heterocycles. The number of benzene rings is 1. The molecule has 0 radical (unpaired) electrons. The molecule has 0 amide bonds. The summed E-state index contributed by atoms with van der Waals surface area (Å²) >= 11 is 0. The molecule has 0 aliphatic carbocycles. The Hall–Kier alpha value is -2.42. The maximum atomic E-state index is 13.3. The molecule has 112 valence electrons. The van der Waals surface area contributed by atoms with Crippen molar-refractivity contribution in [3.63, 3.8) is 0 Å². The number of carboxylic acids is 1. The minimum Gasteiger partial charge on any atom is -0.478 e. The smallest absolute Gasteiger partial charge is 0.337 e. The van der Waals surface area contributed by atoms with Gasteiger partial charge in [0.15, 0.2) is 0 Å². The quantitative estimate of drug-likeness (QED) is 0.887. The van der Waals surface area contributed by atoms with Crippen LogP contribution in [-0.2, 0) is 17.1 Å². The average molecular weight is 313 g/mol. The lowest BCUT2D eigenvalue weighted by Gasteiger charge is -2.12. The van der Waals surface area contributed by atoms with Gasteiger partial charge in [-0.15, -0.1) is 0 Å². The minimum absolute atomic E-state index is 0.120. The van der Waals surface area contributed by atoms with Crippen LogP contribution in [0.25, 0.3) is 0 Å². The highest BCUT2D eigenvalue weighted by Crippen LogP contribution is 2.25. The van der Waals surface area contributed by atoms with Crippen molar-refractivity contribution in [3.8, 4) is 0 Å². The van der Waals surface area contributed by atoms with Crippen LogP contribution in [0.15, 0.2) is 29.4 Å². The van der Waals surface area contributed by atoms with Crippen molar-refractivity contribution in [1.82, 2.24) is 9.78 Å². The van der Waals surface area contributed by atoms with Gasteiger partial charge in [-0.3, -0.25) is 9.40 Å². The summed E-state index contributed by atoms with van der Waals surface area (Å²) in [6.45, 7) is 1.41. The number of aromatic carboxylic acids is 1. The lowest BCUT2D eigenvalue weighted by atomic mass is 10.1. The molecule has 9 heteroatoms. The first kappa shape index (κ1) is 15.0. The van der Waals surface area contributed by atoms with E-state index < -0.39 is 27.4 Å². The number of aromatic nitrogens is 2. The van der Waals surface area contributed by atoms with Gasteiger partial charge in [0.1, 0.15) is 10.7 Å². The van der Waals surface area contributed by atoms with E-state index in [-0.39, 0.29) is 16.1 Å². The standard InChI is InChI=1S/C12H12FN3O4S/c1-7-3-8(13)4-10(12(17)18)11(7)15-21(19,20)9-5-14-16(2)6-9/h3-6,15H,1-2H3,(H,17,18). The number of hydrogen-bond donors (Lipinski definition) is 2. The summed E-state index contributed by atoms with van der Waals surface area (Å²) in [5, 5.41) is 12.8. The Morgan fingerprint density at radius 3 is 2.62 bits per heavy atom. The molecule has 2 aromatic rings. The highest BCUT2D eigenvalue weighted by Gasteiger charge is 2.22. The number of aryl methyl sites for hydroxylation is 2. The van der Waals surface area contributed by atoms with Crippen LogP contribution in [0.2, 0.25) is 0 Å². The second-order valence-corrected chi connectivity index (χ2v) is 6.09. The molecule has 1 aromatic carbocycles. The van der Waals surface area contributed by atoms with E-state index in [1.54, 1.807) is 7.05 Å². The Labute approximate surface area is 120 Å². The summed E-state index contributed by atoms with van der Waals surface area (Å²) in [6.07, 6.45) is 2.39. The zero-order valence-corrected chi connectivity index (χ0v) is 12.0. The maximum Gasteiger partial charge on any atom is 0.337 e. The molecule has 0 aliphatic heterocycles. The van der Waals surface area contributed by atoms with Gasteiger partial charge in [0, 0.05) is 13.2 Å². The molecule has 0 fully saturated rings. The number of halogens is 1. The lowest BCUT2D eigenvalue weighted by Crippen LogP contribution is -2.16. The second-order valence-electron chi connectivity index (χ2n) is 4.41. The van der Waals surface area contributed by atoms with E-state index in [9.17, 15) is 17.6 Å². The number of nitrogens with one attached hydrogen (secondary N) is 1. The number of hydrogen-bond acceptors (Lipinski definition) is 4. The first-order valence-corrected chi connectivity index (χ1v) is 7.24. The molecule has 0 aliphatic rings. The molecule has 1 aromatic heterocycles. The summed E-state index contributed by atoms with van der Waals surface area (Å²) in [5.41, 5.74) is -0.465. The number of anilines is 1. The largest absolute Gasteiger partial charge is 0.478 e. The van der Waals surface area contributed by atoms with Gasteiger partial charge < -0.3 is 5.11 Å². The molecule has 0 saturated carbocycles. The van der Waals surface area contributed by atoms with Gasteiger partial charge in [0.25, 0.3) is 10.0 Å². The molecule has 2 N–H and O–H groups in total. The van der Waals surface area contributed by atoms with Crippen LogP contribution in [0.5, 0.6) is 0 Å². The van der Waals surface area contributed by atoms with Crippen LogP contribution >= 0.6 is 0 Å². The summed E-state index contributed by atoms with van der Waals surface area (Å²) in [5.74, 6) is -2.18. The van der Waals surface area contributed by atoms with Gasteiger partial charge in [0.05, 0.1) is 17.4 Å². The first-order chi connectivity index (χ1) is 9.70. The molecule has 0 unspecified atom stereocenters. The fourth-order valence-electron chi connectivity index (χ4n) is 1.78. The van der Waals surface area contributed by atoms with Gasteiger partial charge in [0.2, 0.25) is 0 Å². The Morgan fingerprint density at radius 1 is 1.43 bits per heavy atom. The van der Waals surface area contributed by atoms with E-state index in [1.165, 1.54) is 17.8 Å². The number of carboxylic acid groups (broad SMARTS) is 1. The third-order valence-electron chi connectivity index (χ3n) is 2.76. The van der Waals surface area contributed by atoms with E-state index in [0.29, 0.717) is 0 Å². The van der Waals surface area contributed by atoms with Gasteiger partial charge in [-0.2, -0.15) is 5.10 Å². The fraction of sp³-hybridized carbons (Fsp3) is 0.167. The Kier molecular flexibility index (Phi) is 3.69. The Bertz CT molecular complexity index is 814. The molecule has 0 saturated heterocycles. The normalized spacial score (nSPS) is 11.4. The molecule has 0 bridgehead atoms. The monoisotopic (exact) mass is 313 g/mol. The topological polar surface area (TPSA) is 101 Å². The van der Waals surface area contributed by atoms with Crippen LogP contribution in [0.1, 0.15) is 15.9 Å². The molecule has 7 nitrogen and oxygen atoms in total. The predicted molar refractivity (Wildman–Crippen MR) is 72.1 cm³/mol. The van der Waals surface area contributed by atoms with Crippen molar-refractivity contribution < 1.29 is 22.7 Å². The summed E-state index contributed by atoms with van der Waals surface area (Å²) in [4.78, 5) is 11.0. The number of nitrogens with zero attached hydrogens (tertiary/aromatic N) is 2. The maximum absolute atomic E-state index is 13.3. The third-order valence-corrected chi connectivity index (χ3v) is 4.06. The van der Waals surface area contributed by atoms with Crippen molar-refractivity contribution >= 4 is 21.7 Å². The zero-order valence-electron chi connectivity index (χ0n) is 11.2. The first-order valence-electron chi connectivity index (χ1n) is 5.75. The van der Waals surface area contributed by atoms with Gasteiger partial charge >= 0.3 is 5.97 Å². The van der Waals surface area contributed by atoms with E-state index in [4.69, 9.17) is 5.11 Å². The van der Waals surface area contributed by atoms with Crippen molar-refractivity contribution in [1.29, 1.82) is 0 Å². The van der Waals surface area contributed by atoms with E-state index in [1.807, 2.05) is 0 Å². The lowest BCUT2D eigenvalue weighted by molar-refractivity contribution is 0.0697. The van der Waals surface area contributed by atoms with Crippen molar-refractivity contribution in [2.24, 2.45) is 7.05 Å². The van der Waals surface area contributed by atoms with Crippen LogP contribution in [-0.4, -0.2) is 29.3 Å².